The molecule has 0 aliphatic rings. The van der Waals surface area contributed by atoms with Crippen LogP contribution in [-0.4, -0.2) is 23.8 Å². The average molecular weight is 247 g/mol. The van der Waals surface area contributed by atoms with Gasteiger partial charge in [0, 0.05) is 0 Å². The van der Waals surface area contributed by atoms with Crippen LogP contribution in [-0.2, 0) is 4.79 Å². The maximum Gasteiger partial charge on any atom is 0.265 e. The van der Waals surface area contributed by atoms with Crippen LogP contribution in [0.3, 0.4) is 0 Å². The largest absolute Gasteiger partial charge is 0.462 e. The number of hydrogen-bond acceptors (Lipinski definition) is 4. The molecule has 6 heteroatoms. The summed E-state index contributed by atoms with van der Waals surface area (Å²) in [6, 6.07) is 1.69. The summed E-state index contributed by atoms with van der Waals surface area (Å²) in [4.78, 5) is 10.5. The van der Waals surface area contributed by atoms with E-state index in [-0.39, 0.29) is 0 Å². The molecule has 1 rings (SSSR count). The van der Waals surface area contributed by atoms with Gasteiger partial charge >= 0.3 is 0 Å². The van der Waals surface area contributed by atoms with Crippen molar-refractivity contribution in [3.8, 4) is 0 Å². The summed E-state index contributed by atoms with van der Waals surface area (Å²) in [6.07, 6.45) is 2.83. The first-order valence-corrected chi connectivity index (χ1v) is 4.18. The van der Waals surface area contributed by atoms with E-state index >= 15 is 0 Å². The first kappa shape index (κ1) is 9.94. The van der Waals surface area contributed by atoms with Gasteiger partial charge in [-0.3, -0.25) is 4.79 Å². The summed E-state index contributed by atoms with van der Waals surface area (Å²) in [5.74, 6) is -0.0630. The molecule has 0 fully saturated rings. The molecule has 0 saturated carbocycles. The topological polar surface area (TPSA) is 74.8 Å². The van der Waals surface area contributed by atoms with Crippen LogP contribution in [0.25, 0.3) is 0 Å². The highest BCUT2D eigenvalue weighted by Crippen LogP contribution is 2.11. The highest BCUT2D eigenvalue weighted by molar-refractivity contribution is 9.10. The Bertz CT molecular complexity index is 321. The zero-order valence-electron chi connectivity index (χ0n) is 6.53. The molecule has 0 spiro atoms. The molecule has 0 unspecified atom stereocenters. The Morgan fingerprint density at radius 2 is 2.62 bits per heavy atom. The summed E-state index contributed by atoms with van der Waals surface area (Å²) in [7, 11) is 0. The number of aliphatic hydroxyl groups excluding tert-OH is 1. The number of carbonyl (C=O) groups excluding carboxylic acids is 1. The van der Waals surface area contributed by atoms with Crippen LogP contribution in [0.4, 0.5) is 0 Å². The van der Waals surface area contributed by atoms with Gasteiger partial charge in [0.15, 0.2) is 0 Å². The second-order valence-electron chi connectivity index (χ2n) is 2.12. The maximum absolute atomic E-state index is 10.5. The van der Waals surface area contributed by atoms with Gasteiger partial charge in [-0.1, -0.05) is 0 Å². The van der Waals surface area contributed by atoms with Gasteiger partial charge < -0.3 is 9.52 Å². The van der Waals surface area contributed by atoms with Crippen LogP contribution in [0.2, 0.25) is 0 Å². The van der Waals surface area contributed by atoms with Crippen molar-refractivity contribution in [3.63, 3.8) is 0 Å². The standard InChI is InChI=1S/C7H7BrN2O3/c8-5-1-6(13-4-5)2-9-10-7(12)3-11/h1-2,4,11H,3H2,(H,10,12)/b9-2+. The number of nitrogens with one attached hydrogen (secondary N) is 1. The maximum atomic E-state index is 10.5. The van der Waals surface area contributed by atoms with Crippen LogP contribution in [0, 0.1) is 0 Å². The lowest BCUT2D eigenvalue weighted by atomic mass is 10.5. The van der Waals surface area contributed by atoms with Crippen molar-refractivity contribution in [1.82, 2.24) is 5.43 Å². The molecule has 1 amide bonds. The summed E-state index contributed by atoms with van der Waals surface area (Å²) < 4.78 is 5.76. The minimum atomic E-state index is -0.584. The van der Waals surface area contributed by atoms with Gasteiger partial charge in [-0.2, -0.15) is 5.10 Å². The Hall–Kier alpha value is -1.14. The number of furan rings is 1. The Morgan fingerprint density at radius 1 is 1.85 bits per heavy atom. The SMILES string of the molecule is O=C(CO)N/N=C/c1cc(Br)co1. The van der Waals surface area contributed by atoms with E-state index in [9.17, 15) is 4.79 Å². The van der Waals surface area contributed by atoms with E-state index < -0.39 is 12.5 Å². The molecule has 0 saturated heterocycles. The molecular formula is C7H7BrN2O3. The quantitative estimate of drug-likeness (QED) is 0.602. The molecule has 0 aliphatic carbocycles. The minimum absolute atomic E-state index is 0.505. The predicted octanol–water partition coefficient (Wildman–Crippen LogP) is 0.484. The van der Waals surface area contributed by atoms with Gasteiger partial charge in [0.2, 0.25) is 0 Å². The number of rotatable bonds is 3. The van der Waals surface area contributed by atoms with Gasteiger partial charge in [0.25, 0.3) is 5.91 Å². The van der Waals surface area contributed by atoms with Crippen molar-refractivity contribution < 1.29 is 14.3 Å². The minimum Gasteiger partial charge on any atom is -0.462 e. The lowest BCUT2D eigenvalue weighted by Crippen LogP contribution is -2.20. The first-order chi connectivity index (χ1) is 6.22. The fourth-order valence-electron chi connectivity index (χ4n) is 0.599. The Labute approximate surface area is 82.6 Å². The predicted molar refractivity (Wildman–Crippen MR) is 49.2 cm³/mol. The van der Waals surface area contributed by atoms with E-state index in [4.69, 9.17) is 9.52 Å². The second kappa shape index (κ2) is 4.78. The number of hydrogen-bond donors (Lipinski definition) is 2. The molecule has 5 nitrogen and oxygen atoms in total. The molecular weight excluding hydrogens is 240 g/mol. The molecule has 0 aromatic carbocycles. The van der Waals surface area contributed by atoms with Crippen molar-refractivity contribution in [2.45, 2.75) is 0 Å². The molecule has 70 valence electrons. The zero-order chi connectivity index (χ0) is 9.68. The van der Waals surface area contributed by atoms with E-state index in [1.807, 2.05) is 0 Å². The van der Waals surface area contributed by atoms with Crippen LogP contribution in [0.15, 0.2) is 26.3 Å². The third-order valence-corrected chi connectivity index (χ3v) is 1.53. The number of hydrazone groups is 1. The van der Waals surface area contributed by atoms with E-state index in [0.29, 0.717) is 5.76 Å². The van der Waals surface area contributed by atoms with Gasteiger partial charge in [-0.05, 0) is 22.0 Å². The van der Waals surface area contributed by atoms with Gasteiger partial charge in [-0.25, -0.2) is 5.43 Å². The van der Waals surface area contributed by atoms with E-state index in [0.717, 1.165) is 4.47 Å². The van der Waals surface area contributed by atoms with Crippen molar-refractivity contribution in [2.75, 3.05) is 6.61 Å². The van der Waals surface area contributed by atoms with E-state index in [1.165, 1.54) is 12.5 Å². The number of nitrogens with zero attached hydrogens (tertiary/aromatic N) is 1. The molecule has 0 bridgehead atoms. The third-order valence-electron chi connectivity index (χ3n) is 1.11. The summed E-state index contributed by atoms with van der Waals surface area (Å²) in [5, 5.41) is 11.8. The van der Waals surface area contributed by atoms with Crippen molar-refractivity contribution in [2.24, 2.45) is 5.10 Å². The lowest BCUT2D eigenvalue weighted by molar-refractivity contribution is -0.123. The highest BCUT2D eigenvalue weighted by Gasteiger charge is 1.96. The number of aliphatic hydroxyl groups is 1. The molecule has 13 heavy (non-hydrogen) atoms. The molecule has 1 aromatic heterocycles. The zero-order valence-corrected chi connectivity index (χ0v) is 8.11. The second-order valence-corrected chi connectivity index (χ2v) is 3.03. The molecule has 1 aromatic rings. The smallest absolute Gasteiger partial charge is 0.265 e. The highest BCUT2D eigenvalue weighted by atomic mass is 79.9. The van der Waals surface area contributed by atoms with Crippen molar-refractivity contribution >= 4 is 28.1 Å². The molecule has 0 aliphatic heterocycles. The van der Waals surface area contributed by atoms with Crippen LogP contribution >= 0.6 is 15.9 Å². The Morgan fingerprint density at radius 3 is 3.15 bits per heavy atom. The summed E-state index contributed by atoms with van der Waals surface area (Å²) in [5.41, 5.74) is 2.10. The van der Waals surface area contributed by atoms with E-state index in [2.05, 4.69) is 26.5 Å². The van der Waals surface area contributed by atoms with Crippen LogP contribution in [0.5, 0.6) is 0 Å². The number of amides is 1. The van der Waals surface area contributed by atoms with Crippen molar-refractivity contribution in [3.05, 3.63) is 22.6 Å². The molecule has 1 heterocycles. The third kappa shape index (κ3) is 3.39. The number of halogens is 1. The average Bonchev–Trinajstić information content (AvgIpc) is 2.51. The van der Waals surface area contributed by atoms with Gasteiger partial charge in [0.1, 0.15) is 18.6 Å². The Kier molecular flexibility index (Phi) is 3.66. The lowest BCUT2D eigenvalue weighted by Gasteiger charge is -1.91. The molecule has 0 atom stereocenters. The van der Waals surface area contributed by atoms with E-state index in [1.54, 1.807) is 6.07 Å². The molecule has 0 radical (unpaired) electrons. The fourth-order valence-corrected chi connectivity index (χ4v) is 0.918. The number of carbonyl (C=O) groups is 1. The summed E-state index contributed by atoms with van der Waals surface area (Å²) >= 11 is 3.18. The first-order valence-electron chi connectivity index (χ1n) is 3.39. The Balaban J connectivity index is 2.45. The monoisotopic (exact) mass is 246 g/mol. The van der Waals surface area contributed by atoms with Crippen molar-refractivity contribution in [1.29, 1.82) is 0 Å². The normalized spacial score (nSPS) is 10.6. The van der Waals surface area contributed by atoms with Crippen LogP contribution < -0.4 is 5.43 Å². The van der Waals surface area contributed by atoms with Crippen LogP contribution in [0.1, 0.15) is 5.76 Å². The van der Waals surface area contributed by atoms with Gasteiger partial charge in [-0.15, -0.1) is 0 Å². The fraction of sp³-hybridized carbons (Fsp3) is 0.143. The van der Waals surface area contributed by atoms with Gasteiger partial charge in [0.05, 0.1) is 10.7 Å². The molecule has 2 N–H and O–H groups in total. The summed E-state index contributed by atoms with van der Waals surface area (Å²) in [6.45, 7) is -0.584.